The number of rotatable bonds is 8. The molecule has 0 aliphatic rings. The number of nitrogens with zero attached hydrogens (tertiary/aromatic N) is 2. The van der Waals surface area contributed by atoms with Crippen molar-refractivity contribution in [3.63, 3.8) is 0 Å². The van der Waals surface area contributed by atoms with Gasteiger partial charge in [0.15, 0.2) is 0 Å². The minimum absolute atomic E-state index is 0.940. The zero-order valence-electron chi connectivity index (χ0n) is 22.7. The van der Waals surface area contributed by atoms with Crippen LogP contribution in [0, 0.1) is 12.1 Å². The largest absolute Gasteiger partial charge is 0.294 e. The first-order valence-corrected chi connectivity index (χ1v) is 15.5. The summed E-state index contributed by atoms with van der Waals surface area (Å²) in [4.78, 5) is 4.51. The molecule has 0 saturated heterocycles. The summed E-state index contributed by atoms with van der Waals surface area (Å²) in [5.41, 5.74) is 8.89. The number of hydrogen-bond donors (Lipinski definition) is 0. The first-order chi connectivity index (χ1) is 20.8. The van der Waals surface area contributed by atoms with E-state index in [0.29, 0.717) is 0 Å². The van der Waals surface area contributed by atoms with Gasteiger partial charge in [-0.05, 0) is 82.9 Å². The van der Waals surface area contributed by atoms with E-state index in [-0.39, 0.29) is 0 Å². The Morgan fingerprint density at radius 1 is 0.381 bits per heavy atom. The molecule has 2 aromatic heterocycles. The molecule has 42 heavy (non-hydrogen) atoms. The van der Waals surface area contributed by atoms with Crippen LogP contribution in [0.2, 0.25) is 0 Å². The molecular formula is C38H26N2S2. The average Bonchev–Trinajstić information content (AvgIpc) is 3.75. The predicted molar refractivity (Wildman–Crippen MR) is 180 cm³/mol. The molecule has 0 N–H and O–H groups in total. The molecule has 7 rings (SSSR count). The Balaban J connectivity index is 1.27. The van der Waals surface area contributed by atoms with Crippen molar-refractivity contribution in [3.8, 4) is 22.3 Å². The third-order valence-corrected chi connectivity index (χ3v) is 8.88. The molecule has 0 saturated carbocycles. The highest BCUT2D eigenvalue weighted by molar-refractivity contribution is 7.15. The van der Waals surface area contributed by atoms with Gasteiger partial charge in [0.25, 0.3) is 0 Å². The van der Waals surface area contributed by atoms with Crippen LogP contribution in [0.25, 0.3) is 22.3 Å². The van der Waals surface area contributed by atoms with E-state index in [1.165, 1.54) is 22.3 Å². The Hall–Kier alpha value is -5.08. The smallest absolute Gasteiger partial charge is 0.101 e. The van der Waals surface area contributed by atoms with Gasteiger partial charge >= 0.3 is 0 Å². The highest BCUT2D eigenvalue weighted by Crippen LogP contribution is 2.43. The van der Waals surface area contributed by atoms with E-state index < -0.39 is 0 Å². The fraction of sp³-hybridized carbons (Fsp3) is 0. The zero-order valence-corrected chi connectivity index (χ0v) is 24.4. The fourth-order valence-corrected chi connectivity index (χ4v) is 6.91. The van der Waals surface area contributed by atoms with Gasteiger partial charge in [-0.1, -0.05) is 97.1 Å². The Bertz CT molecular complexity index is 1720. The van der Waals surface area contributed by atoms with E-state index in [4.69, 9.17) is 0 Å². The van der Waals surface area contributed by atoms with Gasteiger partial charge in [0.2, 0.25) is 0 Å². The van der Waals surface area contributed by atoms with Crippen LogP contribution in [0.5, 0.6) is 0 Å². The van der Waals surface area contributed by atoms with Crippen molar-refractivity contribution in [1.82, 2.24) is 0 Å². The predicted octanol–water partition coefficient (Wildman–Crippen LogP) is 11.7. The molecule has 0 aliphatic carbocycles. The maximum atomic E-state index is 3.51. The highest BCUT2D eigenvalue weighted by atomic mass is 32.1. The second-order valence-corrected chi connectivity index (χ2v) is 11.6. The monoisotopic (exact) mass is 574 g/mol. The SMILES string of the molecule is c1c(N(c2ccccc2)c2cc(-c3ccccc3)cs2)ccc(N(c2ccccc2)c2cc(-c3ccccc3)cs2)c#1. The maximum Gasteiger partial charge on any atom is 0.101 e. The summed E-state index contributed by atoms with van der Waals surface area (Å²) in [5, 5.41) is 6.69. The van der Waals surface area contributed by atoms with Crippen molar-refractivity contribution in [3.05, 3.63) is 168 Å². The lowest BCUT2D eigenvalue weighted by molar-refractivity contribution is 1.29. The van der Waals surface area contributed by atoms with E-state index in [9.17, 15) is 0 Å². The average molecular weight is 575 g/mol. The van der Waals surface area contributed by atoms with Gasteiger partial charge in [0.1, 0.15) is 10.0 Å². The van der Waals surface area contributed by atoms with Crippen molar-refractivity contribution >= 4 is 55.4 Å². The lowest BCUT2D eigenvalue weighted by Gasteiger charge is -2.24. The van der Waals surface area contributed by atoms with Gasteiger partial charge in [-0.2, -0.15) is 0 Å². The summed E-state index contributed by atoms with van der Waals surface area (Å²) >= 11 is 3.46. The van der Waals surface area contributed by atoms with Gasteiger partial charge in [-0.15, -0.1) is 22.7 Å². The van der Waals surface area contributed by atoms with Crippen molar-refractivity contribution in [2.75, 3.05) is 9.80 Å². The zero-order chi connectivity index (χ0) is 28.1. The number of hydrogen-bond acceptors (Lipinski definition) is 4. The van der Waals surface area contributed by atoms with E-state index in [2.05, 4.69) is 166 Å². The minimum Gasteiger partial charge on any atom is -0.294 e. The molecule has 0 atom stereocenters. The summed E-state index contributed by atoms with van der Waals surface area (Å²) in [6.07, 6.45) is 0. The summed E-state index contributed by atoms with van der Waals surface area (Å²) in [6.45, 7) is 0. The quantitative estimate of drug-likeness (QED) is 0.178. The number of para-hydroxylation sites is 2. The van der Waals surface area contributed by atoms with Crippen LogP contribution in [0.4, 0.5) is 32.8 Å². The summed E-state index contributed by atoms with van der Waals surface area (Å²) in [5.74, 6) is 0. The number of benzene rings is 4. The Morgan fingerprint density at radius 2 is 0.738 bits per heavy atom. The molecule has 0 bridgehead atoms. The van der Waals surface area contributed by atoms with Gasteiger partial charge in [-0.3, -0.25) is 9.80 Å². The van der Waals surface area contributed by atoms with Gasteiger partial charge < -0.3 is 0 Å². The molecule has 2 heterocycles. The molecule has 200 valence electrons. The molecular weight excluding hydrogens is 549 g/mol. The molecule has 5 aromatic carbocycles. The Kier molecular flexibility index (Phi) is 7.27. The van der Waals surface area contributed by atoms with Gasteiger partial charge in [0, 0.05) is 22.1 Å². The van der Waals surface area contributed by atoms with Crippen LogP contribution >= 0.6 is 22.7 Å². The van der Waals surface area contributed by atoms with Crippen LogP contribution in [0.3, 0.4) is 0 Å². The van der Waals surface area contributed by atoms with Crippen molar-refractivity contribution in [2.45, 2.75) is 0 Å². The standard InChI is InChI=1S/C38H26N2S2/c1-5-13-29(14-6-1)31-25-37(41-27-31)39(33-17-9-3-10-18-33)35-21-23-36(24-22-35)40(34-19-11-4-12-20-34)38-26-32(28-42-38)30-15-7-2-8-16-30/h1-21,23,25-28H. The van der Waals surface area contributed by atoms with Crippen LogP contribution in [-0.4, -0.2) is 0 Å². The molecule has 0 amide bonds. The lowest BCUT2D eigenvalue weighted by Crippen LogP contribution is -2.10. The lowest BCUT2D eigenvalue weighted by atomic mass is 10.1. The molecule has 0 spiro atoms. The van der Waals surface area contributed by atoms with Gasteiger partial charge in [0.05, 0.1) is 11.4 Å². The van der Waals surface area contributed by atoms with Crippen molar-refractivity contribution in [1.29, 1.82) is 0 Å². The third-order valence-electron chi connectivity index (χ3n) is 7.05. The maximum absolute atomic E-state index is 3.51. The minimum atomic E-state index is 0.940. The Morgan fingerprint density at radius 3 is 1.10 bits per heavy atom. The Labute approximate surface area is 255 Å². The molecule has 2 nitrogen and oxygen atoms in total. The van der Waals surface area contributed by atoms with E-state index in [0.717, 1.165) is 32.8 Å². The number of anilines is 6. The van der Waals surface area contributed by atoms with Crippen LogP contribution in [-0.2, 0) is 0 Å². The molecule has 7 aromatic rings. The van der Waals surface area contributed by atoms with Crippen LogP contribution < -0.4 is 9.80 Å². The molecule has 4 heteroatoms. The highest BCUT2D eigenvalue weighted by Gasteiger charge is 2.18. The summed E-state index contributed by atoms with van der Waals surface area (Å²) in [6, 6.07) is 57.8. The van der Waals surface area contributed by atoms with Crippen LogP contribution in [0.15, 0.2) is 156 Å². The van der Waals surface area contributed by atoms with Crippen LogP contribution in [0.1, 0.15) is 0 Å². The second kappa shape index (κ2) is 11.8. The first kappa shape index (κ1) is 25.9. The molecule has 0 radical (unpaired) electrons. The fourth-order valence-electron chi connectivity index (χ4n) is 5.00. The normalized spacial score (nSPS) is 10.7. The topological polar surface area (TPSA) is 6.48 Å². The second-order valence-electron chi connectivity index (χ2n) is 9.78. The van der Waals surface area contributed by atoms with Gasteiger partial charge in [-0.25, -0.2) is 0 Å². The first-order valence-electron chi connectivity index (χ1n) is 13.8. The molecule has 0 unspecified atom stereocenters. The van der Waals surface area contributed by atoms with E-state index in [1.54, 1.807) is 22.7 Å². The van der Waals surface area contributed by atoms with Crippen molar-refractivity contribution in [2.24, 2.45) is 0 Å². The number of thiophene rings is 2. The van der Waals surface area contributed by atoms with E-state index in [1.807, 2.05) is 12.1 Å². The summed E-state index contributed by atoms with van der Waals surface area (Å²) in [7, 11) is 0. The van der Waals surface area contributed by atoms with E-state index >= 15 is 0 Å². The summed E-state index contributed by atoms with van der Waals surface area (Å²) < 4.78 is 0. The molecule has 0 aliphatic heterocycles. The third kappa shape index (κ3) is 5.32. The van der Waals surface area contributed by atoms with Crippen molar-refractivity contribution < 1.29 is 0 Å². The molecule has 0 fully saturated rings.